The van der Waals surface area contributed by atoms with Crippen LogP contribution in [0.25, 0.3) is 0 Å². The molecule has 2 aliphatic rings. The van der Waals surface area contributed by atoms with Crippen molar-refractivity contribution in [2.75, 3.05) is 19.6 Å². The highest BCUT2D eigenvalue weighted by molar-refractivity contribution is 5.94. The Labute approximate surface area is 163 Å². The number of piperidine rings is 1. The standard InChI is InChI=1S/C22H24F2N2O2/c23-17-5-8-21(20(24)13-17)28-19-6-3-16(4-7-19)22(27)26-11-9-18(10-12-26)25-14-15-1-2-15/h3-8,13,15,18,25H,1-2,9-12,14H2. The lowest BCUT2D eigenvalue weighted by atomic mass is 10.0. The molecule has 0 radical (unpaired) electrons. The van der Waals surface area contributed by atoms with Gasteiger partial charge >= 0.3 is 0 Å². The Morgan fingerprint density at radius 3 is 2.39 bits per heavy atom. The highest BCUT2D eigenvalue weighted by Crippen LogP contribution is 2.28. The molecule has 0 unspecified atom stereocenters. The van der Waals surface area contributed by atoms with Gasteiger partial charge in [-0.25, -0.2) is 8.78 Å². The van der Waals surface area contributed by atoms with Crippen molar-refractivity contribution in [2.24, 2.45) is 5.92 Å². The number of rotatable bonds is 6. The van der Waals surface area contributed by atoms with Gasteiger partial charge in [-0.2, -0.15) is 0 Å². The Morgan fingerprint density at radius 2 is 1.75 bits per heavy atom. The van der Waals surface area contributed by atoms with Crippen LogP contribution in [0.2, 0.25) is 0 Å². The highest BCUT2D eigenvalue weighted by Gasteiger charge is 2.26. The predicted molar refractivity (Wildman–Crippen MR) is 103 cm³/mol. The van der Waals surface area contributed by atoms with Gasteiger partial charge in [-0.3, -0.25) is 4.79 Å². The summed E-state index contributed by atoms with van der Waals surface area (Å²) in [5.74, 6) is -0.217. The Hall–Kier alpha value is -2.47. The van der Waals surface area contributed by atoms with Gasteiger partial charge in [0.05, 0.1) is 0 Å². The fourth-order valence-electron chi connectivity index (χ4n) is 3.48. The topological polar surface area (TPSA) is 41.6 Å². The van der Waals surface area contributed by atoms with E-state index in [0.717, 1.165) is 50.5 Å². The van der Waals surface area contributed by atoms with Gasteiger partial charge in [0.1, 0.15) is 11.6 Å². The van der Waals surface area contributed by atoms with Crippen LogP contribution in [-0.2, 0) is 0 Å². The lowest BCUT2D eigenvalue weighted by Gasteiger charge is -2.32. The largest absolute Gasteiger partial charge is 0.454 e. The first-order valence-corrected chi connectivity index (χ1v) is 9.84. The lowest BCUT2D eigenvalue weighted by Crippen LogP contribution is -2.45. The van der Waals surface area contributed by atoms with Gasteiger partial charge in [0.15, 0.2) is 11.6 Å². The maximum Gasteiger partial charge on any atom is 0.253 e. The molecule has 1 aliphatic carbocycles. The molecule has 0 atom stereocenters. The summed E-state index contributed by atoms with van der Waals surface area (Å²) in [5.41, 5.74) is 0.580. The molecule has 1 saturated heterocycles. The quantitative estimate of drug-likeness (QED) is 0.802. The summed E-state index contributed by atoms with van der Waals surface area (Å²) in [6.45, 7) is 2.61. The number of halogens is 2. The Kier molecular flexibility index (Phi) is 5.57. The van der Waals surface area contributed by atoms with E-state index in [2.05, 4.69) is 5.32 Å². The summed E-state index contributed by atoms with van der Waals surface area (Å²) in [6, 6.07) is 10.3. The monoisotopic (exact) mass is 386 g/mol. The molecule has 1 saturated carbocycles. The number of carbonyl (C=O) groups is 1. The van der Waals surface area contributed by atoms with Gasteiger partial charge in [-0.05, 0) is 74.5 Å². The van der Waals surface area contributed by atoms with E-state index in [-0.39, 0.29) is 11.7 Å². The molecule has 1 heterocycles. The Balaban J connectivity index is 1.31. The molecule has 2 aromatic rings. The number of likely N-dealkylation sites (tertiary alicyclic amines) is 1. The second-order valence-corrected chi connectivity index (χ2v) is 7.62. The van der Waals surface area contributed by atoms with Gasteiger partial charge in [0, 0.05) is 30.8 Å². The van der Waals surface area contributed by atoms with Crippen molar-refractivity contribution in [2.45, 2.75) is 31.7 Å². The Bertz CT molecular complexity index is 829. The molecule has 1 aliphatic heterocycles. The fraction of sp³-hybridized carbons (Fsp3) is 0.409. The van der Waals surface area contributed by atoms with E-state index in [0.29, 0.717) is 17.4 Å². The number of amides is 1. The normalized spacial score (nSPS) is 17.6. The zero-order chi connectivity index (χ0) is 19.5. The van der Waals surface area contributed by atoms with Crippen LogP contribution in [0.3, 0.4) is 0 Å². The molecular formula is C22H24F2N2O2. The van der Waals surface area contributed by atoms with E-state index >= 15 is 0 Å². The van der Waals surface area contributed by atoms with Gasteiger partial charge in [-0.1, -0.05) is 0 Å². The van der Waals surface area contributed by atoms with E-state index in [9.17, 15) is 13.6 Å². The maximum atomic E-state index is 13.7. The third kappa shape index (κ3) is 4.68. The molecule has 0 aromatic heterocycles. The Morgan fingerprint density at radius 1 is 1.04 bits per heavy atom. The average molecular weight is 386 g/mol. The first-order valence-electron chi connectivity index (χ1n) is 9.84. The van der Waals surface area contributed by atoms with Crippen LogP contribution in [-0.4, -0.2) is 36.5 Å². The maximum absolute atomic E-state index is 13.7. The summed E-state index contributed by atoms with van der Waals surface area (Å²) in [5, 5.41) is 3.61. The molecule has 28 heavy (non-hydrogen) atoms. The van der Waals surface area contributed by atoms with Crippen LogP contribution in [0.5, 0.6) is 11.5 Å². The number of nitrogens with zero attached hydrogens (tertiary/aromatic N) is 1. The summed E-state index contributed by atoms with van der Waals surface area (Å²) >= 11 is 0. The summed E-state index contributed by atoms with van der Waals surface area (Å²) in [6.07, 6.45) is 4.64. The lowest BCUT2D eigenvalue weighted by molar-refractivity contribution is 0.0705. The van der Waals surface area contributed by atoms with Gasteiger partial charge in [0.2, 0.25) is 0 Å². The molecule has 0 spiro atoms. The van der Waals surface area contributed by atoms with Crippen molar-refractivity contribution in [3.63, 3.8) is 0 Å². The molecule has 148 valence electrons. The van der Waals surface area contributed by atoms with E-state index in [1.807, 2.05) is 4.90 Å². The van der Waals surface area contributed by atoms with E-state index in [1.165, 1.54) is 18.9 Å². The van der Waals surface area contributed by atoms with E-state index in [4.69, 9.17) is 4.74 Å². The molecule has 6 heteroatoms. The molecular weight excluding hydrogens is 362 g/mol. The average Bonchev–Trinajstić information content (AvgIpc) is 3.54. The van der Waals surface area contributed by atoms with Crippen molar-refractivity contribution >= 4 is 5.91 Å². The minimum Gasteiger partial charge on any atom is -0.454 e. The number of ether oxygens (including phenoxy) is 1. The van der Waals surface area contributed by atoms with Crippen LogP contribution >= 0.6 is 0 Å². The molecule has 2 aromatic carbocycles. The van der Waals surface area contributed by atoms with Gasteiger partial charge < -0.3 is 15.0 Å². The van der Waals surface area contributed by atoms with Crippen LogP contribution in [0.15, 0.2) is 42.5 Å². The third-order valence-corrected chi connectivity index (χ3v) is 5.40. The first kappa shape index (κ1) is 18.9. The number of benzene rings is 2. The number of nitrogens with one attached hydrogen (secondary N) is 1. The smallest absolute Gasteiger partial charge is 0.253 e. The van der Waals surface area contributed by atoms with E-state index < -0.39 is 11.6 Å². The van der Waals surface area contributed by atoms with Gasteiger partial charge in [-0.15, -0.1) is 0 Å². The van der Waals surface area contributed by atoms with Crippen LogP contribution < -0.4 is 10.1 Å². The molecule has 4 nitrogen and oxygen atoms in total. The SMILES string of the molecule is O=C(c1ccc(Oc2ccc(F)cc2F)cc1)N1CCC(NCC2CC2)CC1. The van der Waals surface area contributed by atoms with Crippen molar-refractivity contribution < 1.29 is 18.3 Å². The minimum absolute atomic E-state index is 0.000144. The number of hydrogen-bond acceptors (Lipinski definition) is 3. The number of carbonyl (C=O) groups excluding carboxylic acids is 1. The van der Waals surface area contributed by atoms with Crippen LogP contribution in [0, 0.1) is 17.6 Å². The summed E-state index contributed by atoms with van der Waals surface area (Å²) < 4.78 is 32.1. The third-order valence-electron chi connectivity index (χ3n) is 5.40. The molecule has 4 rings (SSSR count). The van der Waals surface area contributed by atoms with E-state index in [1.54, 1.807) is 24.3 Å². The van der Waals surface area contributed by atoms with Crippen molar-refractivity contribution in [3.05, 3.63) is 59.7 Å². The van der Waals surface area contributed by atoms with Crippen molar-refractivity contribution in [3.8, 4) is 11.5 Å². The van der Waals surface area contributed by atoms with Gasteiger partial charge in [0.25, 0.3) is 5.91 Å². The molecule has 1 amide bonds. The fourth-order valence-corrected chi connectivity index (χ4v) is 3.48. The van der Waals surface area contributed by atoms with Crippen molar-refractivity contribution in [1.29, 1.82) is 0 Å². The molecule has 1 N–H and O–H groups in total. The summed E-state index contributed by atoms with van der Waals surface area (Å²) in [4.78, 5) is 14.6. The summed E-state index contributed by atoms with van der Waals surface area (Å²) in [7, 11) is 0. The minimum atomic E-state index is -0.765. The second-order valence-electron chi connectivity index (χ2n) is 7.62. The first-order chi connectivity index (χ1) is 13.6. The highest BCUT2D eigenvalue weighted by atomic mass is 19.1. The number of hydrogen-bond donors (Lipinski definition) is 1. The second kappa shape index (κ2) is 8.27. The zero-order valence-corrected chi connectivity index (χ0v) is 15.7. The van der Waals surface area contributed by atoms with Crippen LogP contribution in [0.1, 0.15) is 36.0 Å². The van der Waals surface area contributed by atoms with Crippen LogP contribution in [0.4, 0.5) is 8.78 Å². The molecule has 2 fully saturated rings. The predicted octanol–water partition coefficient (Wildman–Crippen LogP) is 4.36. The molecule has 0 bridgehead atoms. The zero-order valence-electron chi connectivity index (χ0n) is 15.7. The van der Waals surface area contributed by atoms with Crippen molar-refractivity contribution in [1.82, 2.24) is 10.2 Å².